The predicted octanol–water partition coefficient (Wildman–Crippen LogP) is 0.903. The molecule has 1 aliphatic heterocycles. The molecule has 1 saturated heterocycles. The molecule has 0 aliphatic carbocycles. The third-order valence-electron chi connectivity index (χ3n) is 2.51. The Labute approximate surface area is 100 Å². The fourth-order valence-electron chi connectivity index (χ4n) is 1.73. The molecule has 0 aromatic carbocycles. The number of nitrogens with one attached hydrogen (secondary N) is 1. The van der Waals surface area contributed by atoms with E-state index in [-0.39, 0.29) is 11.8 Å². The number of rotatable bonds is 2. The van der Waals surface area contributed by atoms with Gasteiger partial charge in [0.25, 0.3) is 0 Å². The summed E-state index contributed by atoms with van der Waals surface area (Å²) in [4.78, 5) is 13.1. The van der Waals surface area contributed by atoms with Crippen molar-refractivity contribution < 1.29 is 14.1 Å². The van der Waals surface area contributed by atoms with Gasteiger partial charge in [0.2, 0.25) is 0 Å². The quantitative estimate of drug-likeness (QED) is 0.828. The standard InChI is InChI=1S/C10H13NO3S2/c1-6-2-3-9(15-6)7-4-16(14)5-8(11-7)10(12)13/h2-3,7-8,11H,4-5H2,1H3,(H,12,13). The second-order valence-electron chi connectivity index (χ2n) is 3.83. The van der Waals surface area contributed by atoms with Gasteiger partial charge in [-0.05, 0) is 19.1 Å². The summed E-state index contributed by atoms with van der Waals surface area (Å²) in [6, 6.07) is 3.19. The summed E-state index contributed by atoms with van der Waals surface area (Å²) in [7, 11) is -1.05. The number of carboxylic acid groups (broad SMARTS) is 1. The number of hydrogen-bond donors (Lipinski definition) is 2. The van der Waals surface area contributed by atoms with Crippen LogP contribution in [0.5, 0.6) is 0 Å². The zero-order chi connectivity index (χ0) is 11.7. The number of carbonyl (C=O) groups is 1. The van der Waals surface area contributed by atoms with Crippen molar-refractivity contribution in [2.24, 2.45) is 0 Å². The van der Waals surface area contributed by atoms with Gasteiger partial charge in [0.05, 0.1) is 6.04 Å². The van der Waals surface area contributed by atoms with E-state index < -0.39 is 22.8 Å². The Morgan fingerprint density at radius 1 is 1.56 bits per heavy atom. The molecule has 1 aliphatic rings. The highest BCUT2D eigenvalue weighted by molar-refractivity contribution is 7.85. The lowest BCUT2D eigenvalue weighted by Crippen LogP contribution is -2.49. The van der Waals surface area contributed by atoms with Crippen LogP contribution in [0.2, 0.25) is 0 Å². The molecule has 2 heterocycles. The molecule has 0 spiro atoms. The smallest absolute Gasteiger partial charge is 0.321 e. The van der Waals surface area contributed by atoms with E-state index in [2.05, 4.69) is 5.32 Å². The highest BCUT2D eigenvalue weighted by atomic mass is 32.2. The molecule has 1 aromatic rings. The molecule has 6 heteroatoms. The minimum absolute atomic E-state index is 0.0885. The second-order valence-corrected chi connectivity index (χ2v) is 6.70. The van der Waals surface area contributed by atoms with E-state index in [0.29, 0.717) is 5.75 Å². The maximum Gasteiger partial charge on any atom is 0.321 e. The van der Waals surface area contributed by atoms with E-state index in [0.717, 1.165) is 4.88 Å². The summed E-state index contributed by atoms with van der Waals surface area (Å²) < 4.78 is 11.6. The largest absolute Gasteiger partial charge is 0.480 e. The van der Waals surface area contributed by atoms with Crippen molar-refractivity contribution in [3.05, 3.63) is 21.9 Å². The first-order valence-corrected chi connectivity index (χ1v) is 7.27. The van der Waals surface area contributed by atoms with Crippen LogP contribution in [0.4, 0.5) is 0 Å². The molecule has 1 fully saturated rings. The minimum Gasteiger partial charge on any atom is -0.480 e. The van der Waals surface area contributed by atoms with Crippen LogP contribution in [0.25, 0.3) is 0 Å². The SMILES string of the molecule is Cc1ccc(C2CS(=O)CC(C(=O)O)N2)s1. The van der Waals surface area contributed by atoms with Gasteiger partial charge in [0.1, 0.15) is 6.04 Å². The first-order chi connectivity index (χ1) is 7.56. The van der Waals surface area contributed by atoms with E-state index >= 15 is 0 Å². The van der Waals surface area contributed by atoms with Crippen molar-refractivity contribution in [3.63, 3.8) is 0 Å². The average Bonchev–Trinajstić information content (AvgIpc) is 2.64. The molecule has 2 N–H and O–H groups in total. The third kappa shape index (κ3) is 2.50. The van der Waals surface area contributed by atoms with Crippen molar-refractivity contribution >= 4 is 28.1 Å². The van der Waals surface area contributed by atoms with Gasteiger partial charge in [-0.2, -0.15) is 0 Å². The maximum atomic E-state index is 11.6. The van der Waals surface area contributed by atoms with Gasteiger partial charge in [0.15, 0.2) is 0 Å². The summed E-state index contributed by atoms with van der Waals surface area (Å²) in [6.45, 7) is 2.00. The van der Waals surface area contributed by atoms with Crippen LogP contribution in [0.1, 0.15) is 15.8 Å². The Hall–Kier alpha value is -0.720. The fourth-order valence-corrected chi connectivity index (χ4v) is 4.16. The Morgan fingerprint density at radius 2 is 2.31 bits per heavy atom. The number of carboxylic acids is 1. The lowest BCUT2D eigenvalue weighted by atomic mass is 10.2. The van der Waals surface area contributed by atoms with E-state index in [4.69, 9.17) is 5.11 Å². The van der Waals surface area contributed by atoms with Crippen LogP contribution >= 0.6 is 11.3 Å². The number of aliphatic carboxylic acids is 1. The first-order valence-electron chi connectivity index (χ1n) is 4.96. The molecule has 3 atom stereocenters. The summed E-state index contributed by atoms with van der Waals surface area (Å²) in [6.07, 6.45) is 0. The molecular formula is C10H13NO3S2. The molecule has 0 saturated carbocycles. The Kier molecular flexibility index (Phi) is 3.41. The van der Waals surface area contributed by atoms with Crippen molar-refractivity contribution in [2.75, 3.05) is 11.5 Å². The molecule has 0 bridgehead atoms. The first kappa shape index (κ1) is 11.8. The highest BCUT2D eigenvalue weighted by Gasteiger charge is 2.31. The van der Waals surface area contributed by atoms with E-state index in [1.54, 1.807) is 11.3 Å². The highest BCUT2D eigenvalue weighted by Crippen LogP contribution is 2.26. The third-order valence-corrected chi connectivity index (χ3v) is 5.03. The van der Waals surface area contributed by atoms with Crippen LogP contribution in [0.15, 0.2) is 12.1 Å². The van der Waals surface area contributed by atoms with E-state index in [1.807, 2.05) is 19.1 Å². The molecule has 0 radical (unpaired) electrons. The minimum atomic E-state index is -1.05. The fraction of sp³-hybridized carbons (Fsp3) is 0.500. The van der Waals surface area contributed by atoms with Gasteiger partial charge in [-0.15, -0.1) is 11.3 Å². The normalized spacial score (nSPS) is 30.2. The Bertz CT molecular complexity index is 429. The summed E-state index contributed by atoms with van der Waals surface area (Å²) in [5.41, 5.74) is 0. The lowest BCUT2D eigenvalue weighted by molar-refractivity contribution is -0.139. The molecule has 0 amide bonds. The molecule has 88 valence electrons. The molecule has 1 aromatic heterocycles. The van der Waals surface area contributed by atoms with E-state index in [1.165, 1.54) is 4.88 Å². The average molecular weight is 259 g/mol. The zero-order valence-corrected chi connectivity index (χ0v) is 10.4. The Morgan fingerprint density at radius 3 is 2.88 bits per heavy atom. The molecule has 4 nitrogen and oxygen atoms in total. The summed E-state index contributed by atoms with van der Waals surface area (Å²) in [5.74, 6) is -0.216. The Balaban J connectivity index is 2.16. The number of hydrogen-bond acceptors (Lipinski definition) is 4. The van der Waals surface area contributed by atoms with Crippen molar-refractivity contribution in [1.82, 2.24) is 5.32 Å². The topological polar surface area (TPSA) is 66.4 Å². The lowest BCUT2D eigenvalue weighted by Gasteiger charge is -2.27. The van der Waals surface area contributed by atoms with Crippen molar-refractivity contribution in [3.8, 4) is 0 Å². The van der Waals surface area contributed by atoms with Crippen LogP contribution in [0.3, 0.4) is 0 Å². The van der Waals surface area contributed by atoms with Crippen LogP contribution in [-0.4, -0.2) is 32.8 Å². The van der Waals surface area contributed by atoms with Crippen LogP contribution in [0, 0.1) is 6.92 Å². The van der Waals surface area contributed by atoms with Gasteiger partial charge >= 0.3 is 5.97 Å². The van der Waals surface area contributed by atoms with Crippen molar-refractivity contribution in [2.45, 2.75) is 19.0 Å². The van der Waals surface area contributed by atoms with Crippen LogP contribution in [-0.2, 0) is 15.6 Å². The number of thiophene rings is 1. The van der Waals surface area contributed by atoms with Crippen molar-refractivity contribution in [1.29, 1.82) is 0 Å². The zero-order valence-electron chi connectivity index (χ0n) is 8.80. The molecule has 2 rings (SSSR count). The molecule has 3 unspecified atom stereocenters. The molecular weight excluding hydrogens is 246 g/mol. The molecule has 16 heavy (non-hydrogen) atoms. The summed E-state index contributed by atoms with van der Waals surface area (Å²) >= 11 is 1.62. The van der Waals surface area contributed by atoms with Gasteiger partial charge < -0.3 is 5.11 Å². The predicted molar refractivity (Wildman–Crippen MR) is 64.2 cm³/mol. The van der Waals surface area contributed by atoms with Crippen LogP contribution < -0.4 is 5.32 Å². The monoisotopic (exact) mass is 259 g/mol. The van der Waals surface area contributed by atoms with Gasteiger partial charge in [-0.25, -0.2) is 0 Å². The maximum absolute atomic E-state index is 11.6. The van der Waals surface area contributed by atoms with E-state index in [9.17, 15) is 9.00 Å². The second kappa shape index (κ2) is 4.65. The van der Waals surface area contributed by atoms with Gasteiger partial charge in [-0.1, -0.05) is 0 Å². The van der Waals surface area contributed by atoms with Gasteiger partial charge in [0, 0.05) is 32.1 Å². The summed E-state index contributed by atoms with van der Waals surface area (Å²) in [5, 5.41) is 12.0. The van der Waals surface area contributed by atoms with Gasteiger partial charge in [-0.3, -0.25) is 14.3 Å². The number of aryl methyl sites for hydroxylation is 1.